The number of piperazine rings is 1. The van der Waals surface area contributed by atoms with Gasteiger partial charge in [0.15, 0.2) is 0 Å². The summed E-state index contributed by atoms with van der Waals surface area (Å²) in [6.45, 7) is -1.29. The van der Waals surface area contributed by atoms with Crippen LogP contribution in [0.1, 0.15) is 0 Å². The van der Waals surface area contributed by atoms with E-state index in [4.69, 9.17) is 5.11 Å². The summed E-state index contributed by atoms with van der Waals surface area (Å²) in [6, 6.07) is -1.69. The number of halogens is 3. The lowest BCUT2D eigenvalue weighted by molar-refractivity contribution is -0.189. The number of hydrogen-bond donors (Lipinski definition) is 2. The Balaban J connectivity index is 2.67. The molecule has 0 aromatic carbocycles. The Morgan fingerprint density at radius 3 is 2.71 bits per heavy atom. The molecule has 4 nitrogen and oxygen atoms in total. The van der Waals surface area contributed by atoms with Crippen LogP contribution in [-0.4, -0.2) is 54.4 Å². The van der Waals surface area contributed by atoms with Crippen LogP contribution >= 0.6 is 0 Å². The average Bonchev–Trinajstić information content (AvgIpc) is 2.02. The fourth-order valence-electron chi connectivity index (χ4n) is 1.38. The lowest BCUT2D eigenvalue weighted by atomic mass is 10.2. The van der Waals surface area contributed by atoms with Gasteiger partial charge in [-0.25, -0.2) is 0 Å². The van der Waals surface area contributed by atoms with Gasteiger partial charge in [-0.3, -0.25) is 9.69 Å². The lowest BCUT2D eigenvalue weighted by Gasteiger charge is -2.35. The van der Waals surface area contributed by atoms with E-state index in [0.717, 1.165) is 4.90 Å². The summed E-state index contributed by atoms with van der Waals surface area (Å²) in [5.41, 5.74) is 0. The van der Waals surface area contributed by atoms with Gasteiger partial charge in [0.2, 0.25) is 5.91 Å². The van der Waals surface area contributed by atoms with Crippen LogP contribution < -0.4 is 5.32 Å². The standard InChI is InChI=1S/C7H11F3N2O2/c8-7(9,10)5-3-11-6(14)4-12(5)1-2-13/h5,13H,1-4H2,(H,11,14). The first-order chi connectivity index (χ1) is 6.45. The Morgan fingerprint density at radius 1 is 1.57 bits per heavy atom. The number of β-amino-alcohol motifs (C(OH)–C–C–N with tert-alkyl or cyclic N) is 1. The predicted molar refractivity (Wildman–Crippen MR) is 41.5 cm³/mol. The molecule has 0 aliphatic carbocycles. The normalized spacial score (nSPS) is 24.9. The molecule has 1 rings (SSSR count). The molecule has 2 N–H and O–H groups in total. The summed E-state index contributed by atoms with van der Waals surface area (Å²) in [7, 11) is 0. The van der Waals surface area contributed by atoms with E-state index in [0.29, 0.717) is 0 Å². The van der Waals surface area contributed by atoms with Gasteiger partial charge in [-0.1, -0.05) is 0 Å². The highest BCUT2D eigenvalue weighted by atomic mass is 19.4. The summed E-state index contributed by atoms with van der Waals surface area (Å²) >= 11 is 0. The zero-order valence-electron chi connectivity index (χ0n) is 7.34. The van der Waals surface area contributed by atoms with Crippen molar-refractivity contribution in [1.82, 2.24) is 10.2 Å². The minimum Gasteiger partial charge on any atom is -0.395 e. The molecule has 1 aliphatic heterocycles. The van der Waals surface area contributed by atoms with Crippen molar-refractivity contribution in [3.05, 3.63) is 0 Å². The van der Waals surface area contributed by atoms with Crippen LogP contribution in [0.25, 0.3) is 0 Å². The van der Waals surface area contributed by atoms with E-state index in [1.807, 2.05) is 0 Å². The van der Waals surface area contributed by atoms with Gasteiger partial charge in [-0.05, 0) is 0 Å². The van der Waals surface area contributed by atoms with Gasteiger partial charge in [0.05, 0.1) is 13.2 Å². The van der Waals surface area contributed by atoms with E-state index in [2.05, 4.69) is 5.32 Å². The van der Waals surface area contributed by atoms with Gasteiger partial charge in [0, 0.05) is 13.1 Å². The third-order valence-corrected chi connectivity index (χ3v) is 2.05. The minimum atomic E-state index is -4.37. The number of nitrogens with one attached hydrogen (secondary N) is 1. The Bertz CT molecular complexity index is 219. The van der Waals surface area contributed by atoms with Crippen LogP contribution in [-0.2, 0) is 4.79 Å². The number of carbonyl (C=O) groups is 1. The number of amides is 1. The maximum absolute atomic E-state index is 12.4. The van der Waals surface area contributed by atoms with Crippen molar-refractivity contribution in [3.63, 3.8) is 0 Å². The maximum atomic E-state index is 12.4. The highest BCUT2D eigenvalue weighted by Crippen LogP contribution is 2.25. The monoisotopic (exact) mass is 212 g/mol. The summed E-state index contributed by atoms with van der Waals surface area (Å²) in [5.74, 6) is -0.445. The Hall–Kier alpha value is -0.820. The fraction of sp³-hybridized carbons (Fsp3) is 0.857. The summed E-state index contributed by atoms with van der Waals surface area (Å²) < 4.78 is 37.1. The van der Waals surface area contributed by atoms with Crippen molar-refractivity contribution in [3.8, 4) is 0 Å². The second-order valence-corrected chi connectivity index (χ2v) is 3.06. The molecule has 7 heteroatoms. The van der Waals surface area contributed by atoms with E-state index in [9.17, 15) is 18.0 Å². The van der Waals surface area contributed by atoms with Crippen molar-refractivity contribution in [2.75, 3.05) is 26.2 Å². The molecule has 1 atom stereocenters. The van der Waals surface area contributed by atoms with Gasteiger partial charge in [-0.15, -0.1) is 0 Å². The Labute approximate surface area is 78.7 Å². The molecule has 0 aromatic heterocycles. The predicted octanol–water partition coefficient (Wildman–Crippen LogP) is -0.659. The molecule has 0 spiro atoms. The third kappa shape index (κ3) is 2.58. The van der Waals surface area contributed by atoms with E-state index in [1.165, 1.54) is 0 Å². The first kappa shape index (κ1) is 11.3. The SMILES string of the molecule is O=C1CN(CCO)C(C(F)(F)F)CN1. The molecule has 1 amide bonds. The van der Waals surface area contributed by atoms with Gasteiger partial charge >= 0.3 is 6.18 Å². The van der Waals surface area contributed by atoms with Gasteiger partial charge in [0.1, 0.15) is 6.04 Å². The van der Waals surface area contributed by atoms with E-state index in [1.54, 1.807) is 0 Å². The van der Waals surface area contributed by atoms with Crippen molar-refractivity contribution >= 4 is 5.91 Å². The number of alkyl halides is 3. The van der Waals surface area contributed by atoms with E-state index < -0.39 is 24.7 Å². The molecule has 1 heterocycles. The Morgan fingerprint density at radius 2 is 2.21 bits per heavy atom. The van der Waals surface area contributed by atoms with Crippen LogP contribution in [0.2, 0.25) is 0 Å². The van der Waals surface area contributed by atoms with Crippen molar-refractivity contribution < 1.29 is 23.1 Å². The van der Waals surface area contributed by atoms with Gasteiger partial charge in [-0.2, -0.15) is 13.2 Å². The molecule has 14 heavy (non-hydrogen) atoms. The number of nitrogens with zero attached hydrogens (tertiary/aromatic N) is 1. The molecule has 82 valence electrons. The minimum absolute atomic E-state index is 0.141. The average molecular weight is 212 g/mol. The molecule has 1 saturated heterocycles. The van der Waals surface area contributed by atoms with Crippen LogP contribution in [0, 0.1) is 0 Å². The second kappa shape index (κ2) is 4.14. The lowest BCUT2D eigenvalue weighted by Crippen LogP contribution is -2.60. The van der Waals surface area contributed by atoms with Gasteiger partial charge < -0.3 is 10.4 Å². The number of rotatable bonds is 2. The molecular weight excluding hydrogens is 201 g/mol. The molecule has 0 aromatic rings. The van der Waals surface area contributed by atoms with E-state index >= 15 is 0 Å². The third-order valence-electron chi connectivity index (χ3n) is 2.05. The number of carbonyl (C=O) groups excluding carboxylic acids is 1. The van der Waals surface area contributed by atoms with Gasteiger partial charge in [0.25, 0.3) is 0 Å². The number of aliphatic hydroxyl groups is 1. The summed E-state index contributed by atoms with van der Waals surface area (Å²) in [4.78, 5) is 11.7. The molecule has 0 radical (unpaired) electrons. The van der Waals surface area contributed by atoms with Crippen LogP contribution in [0.15, 0.2) is 0 Å². The van der Waals surface area contributed by atoms with Crippen LogP contribution in [0.3, 0.4) is 0 Å². The topological polar surface area (TPSA) is 52.6 Å². The molecule has 1 fully saturated rings. The van der Waals surface area contributed by atoms with E-state index in [-0.39, 0.29) is 19.7 Å². The van der Waals surface area contributed by atoms with Crippen molar-refractivity contribution in [2.45, 2.75) is 12.2 Å². The zero-order chi connectivity index (χ0) is 10.8. The smallest absolute Gasteiger partial charge is 0.395 e. The fourth-order valence-corrected chi connectivity index (χ4v) is 1.38. The maximum Gasteiger partial charge on any atom is 0.405 e. The first-order valence-corrected chi connectivity index (χ1v) is 4.13. The van der Waals surface area contributed by atoms with Crippen molar-refractivity contribution in [1.29, 1.82) is 0 Å². The second-order valence-electron chi connectivity index (χ2n) is 3.06. The molecule has 1 aliphatic rings. The molecule has 1 unspecified atom stereocenters. The van der Waals surface area contributed by atoms with Crippen LogP contribution in [0.4, 0.5) is 13.2 Å². The number of aliphatic hydroxyl groups excluding tert-OH is 1. The van der Waals surface area contributed by atoms with Crippen molar-refractivity contribution in [2.24, 2.45) is 0 Å². The highest BCUT2D eigenvalue weighted by Gasteiger charge is 2.45. The molecule has 0 saturated carbocycles. The largest absolute Gasteiger partial charge is 0.405 e. The highest BCUT2D eigenvalue weighted by molar-refractivity contribution is 5.78. The zero-order valence-corrected chi connectivity index (χ0v) is 7.34. The quantitative estimate of drug-likeness (QED) is 0.639. The Kier molecular flexibility index (Phi) is 3.33. The summed E-state index contributed by atoms with van der Waals surface area (Å²) in [5, 5.41) is 10.7. The van der Waals surface area contributed by atoms with Crippen LogP contribution in [0.5, 0.6) is 0 Å². The summed E-state index contributed by atoms with van der Waals surface area (Å²) in [6.07, 6.45) is -4.37. The molecular formula is C7H11F3N2O2. The first-order valence-electron chi connectivity index (χ1n) is 4.13. The molecule has 0 bridgehead atoms. The number of hydrogen-bond acceptors (Lipinski definition) is 3.